The van der Waals surface area contributed by atoms with E-state index < -0.39 is 11.3 Å². The molecule has 2 N–H and O–H groups in total. The normalized spacial score (nSPS) is 17.3. The molecule has 1 aliphatic rings. The molecule has 3 amide bonds. The number of nitrogens with zero attached hydrogens (tertiary/aromatic N) is 3. The number of aryl methyl sites for hydroxylation is 1. The summed E-state index contributed by atoms with van der Waals surface area (Å²) in [4.78, 5) is 25.9. The maximum atomic E-state index is 12.0. The van der Waals surface area contributed by atoms with Crippen LogP contribution < -0.4 is 10.6 Å². The molecule has 0 saturated heterocycles. The van der Waals surface area contributed by atoms with E-state index in [0.29, 0.717) is 5.16 Å². The molecule has 0 saturated carbocycles. The summed E-state index contributed by atoms with van der Waals surface area (Å²) < 4.78 is 1.92. The Hall–Kier alpha value is -1.87. The van der Waals surface area contributed by atoms with Crippen LogP contribution in [0.3, 0.4) is 0 Å². The summed E-state index contributed by atoms with van der Waals surface area (Å²) in [6.07, 6.45) is 4.79. The van der Waals surface area contributed by atoms with Crippen molar-refractivity contribution in [2.75, 3.05) is 7.05 Å². The Morgan fingerprint density at radius 2 is 2.22 bits per heavy atom. The van der Waals surface area contributed by atoms with Gasteiger partial charge in [-0.2, -0.15) is 0 Å². The van der Waals surface area contributed by atoms with E-state index in [1.54, 1.807) is 18.3 Å². The van der Waals surface area contributed by atoms with Crippen molar-refractivity contribution in [3.05, 3.63) is 16.5 Å². The second-order valence-corrected chi connectivity index (χ2v) is 9.21. The van der Waals surface area contributed by atoms with E-state index in [1.807, 2.05) is 11.6 Å². The third-order valence-corrected chi connectivity index (χ3v) is 7.30. The minimum absolute atomic E-state index is 0.360. The van der Waals surface area contributed by atoms with Crippen LogP contribution in [0.2, 0.25) is 0 Å². The summed E-state index contributed by atoms with van der Waals surface area (Å²) in [5.74, 6) is 1.25. The zero-order valence-electron chi connectivity index (χ0n) is 16.0. The number of thioether (sulfide) groups is 1. The van der Waals surface area contributed by atoms with Gasteiger partial charge in [0.05, 0.1) is 10.1 Å². The second-order valence-electron chi connectivity index (χ2n) is 6.77. The van der Waals surface area contributed by atoms with E-state index in [-0.39, 0.29) is 5.91 Å². The Morgan fingerprint density at radius 1 is 1.44 bits per heavy atom. The molecule has 2 atom stereocenters. The largest absolute Gasteiger partial charge is 0.341 e. The van der Waals surface area contributed by atoms with E-state index in [2.05, 4.69) is 33.8 Å². The molecule has 7 nitrogen and oxygen atoms in total. The van der Waals surface area contributed by atoms with Gasteiger partial charge >= 0.3 is 6.03 Å². The molecule has 0 spiro atoms. The molecule has 0 radical (unpaired) electrons. The number of nitrogens with one attached hydrogen (secondary N) is 2. The van der Waals surface area contributed by atoms with Crippen LogP contribution in [-0.2, 0) is 24.7 Å². The Labute approximate surface area is 167 Å². The van der Waals surface area contributed by atoms with Gasteiger partial charge in [-0.15, -0.1) is 21.5 Å². The van der Waals surface area contributed by atoms with Crippen molar-refractivity contribution in [1.82, 2.24) is 25.4 Å². The first-order chi connectivity index (χ1) is 12.9. The van der Waals surface area contributed by atoms with E-state index in [4.69, 9.17) is 0 Å². The Bertz CT molecular complexity index is 845. The number of amides is 3. The number of carbonyl (C=O) groups is 2. The van der Waals surface area contributed by atoms with Crippen LogP contribution in [0, 0.1) is 5.92 Å². The number of hydrogen-bond acceptors (Lipinski definition) is 6. The fourth-order valence-corrected chi connectivity index (χ4v) is 5.22. The van der Waals surface area contributed by atoms with Crippen molar-refractivity contribution >= 4 is 35.0 Å². The van der Waals surface area contributed by atoms with Gasteiger partial charge in [-0.05, 0) is 43.7 Å². The number of rotatable bonds is 5. The van der Waals surface area contributed by atoms with Crippen LogP contribution in [0.5, 0.6) is 0 Å². The highest BCUT2D eigenvalue weighted by Crippen LogP contribution is 2.38. The SMILES string of the molecule is CC[C@H]1CCc2sc(-c3nnc(S[C@H](C)C(=O)NC(=O)NC)n3C)cc2C1. The third-order valence-electron chi connectivity index (χ3n) is 4.93. The molecule has 2 heterocycles. The Kier molecular flexibility index (Phi) is 6.21. The van der Waals surface area contributed by atoms with Gasteiger partial charge in [0.15, 0.2) is 11.0 Å². The van der Waals surface area contributed by atoms with E-state index in [1.165, 1.54) is 42.1 Å². The third kappa shape index (κ3) is 4.35. The zero-order chi connectivity index (χ0) is 19.6. The highest BCUT2D eigenvalue weighted by molar-refractivity contribution is 8.00. The molecule has 0 unspecified atom stereocenters. The van der Waals surface area contributed by atoms with Gasteiger partial charge in [0.1, 0.15) is 0 Å². The number of hydrogen-bond donors (Lipinski definition) is 2. The number of thiophene rings is 1. The first-order valence-corrected chi connectivity index (χ1v) is 10.8. The van der Waals surface area contributed by atoms with E-state index in [0.717, 1.165) is 29.5 Å². The lowest BCUT2D eigenvalue weighted by atomic mass is 9.87. The summed E-state index contributed by atoms with van der Waals surface area (Å²) in [5, 5.41) is 13.5. The van der Waals surface area contributed by atoms with Crippen molar-refractivity contribution in [2.24, 2.45) is 13.0 Å². The molecule has 2 aromatic rings. The summed E-state index contributed by atoms with van der Waals surface area (Å²) in [5.41, 5.74) is 1.45. The highest BCUT2D eigenvalue weighted by atomic mass is 32.2. The maximum absolute atomic E-state index is 12.0. The van der Waals surface area contributed by atoms with Crippen LogP contribution in [0.15, 0.2) is 11.2 Å². The molecule has 146 valence electrons. The Morgan fingerprint density at radius 3 is 2.93 bits per heavy atom. The predicted molar refractivity (Wildman–Crippen MR) is 108 cm³/mol. The summed E-state index contributed by atoms with van der Waals surface area (Å²) in [6.45, 7) is 4.00. The highest BCUT2D eigenvalue weighted by Gasteiger charge is 2.24. The Balaban J connectivity index is 1.73. The average molecular weight is 408 g/mol. The molecule has 0 aliphatic heterocycles. The molecule has 3 rings (SSSR count). The lowest BCUT2D eigenvalue weighted by Gasteiger charge is -2.19. The number of carbonyl (C=O) groups excluding carboxylic acids is 2. The molecule has 0 fully saturated rings. The van der Waals surface area contributed by atoms with Crippen LogP contribution >= 0.6 is 23.1 Å². The van der Waals surface area contributed by atoms with Gasteiger partial charge in [0, 0.05) is 19.0 Å². The van der Waals surface area contributed by atoms with Crippen molar-refractivity contribution in [1.29, 1.82) is 0 Å². The quantitative estimate of drug-likeness (QED) is 0.744. The fourth-order valence-electron chi connectivity index (χ4n) is 3.18. The standard InChI is InChI=1S/C18H25N5O2S2/c1-5-11-6-7-13-12(8-11)9-14(27-13)15-21-22-18(23(15)4)26-10(2)16(24)20-17(25)19-3/h9-11H,5-8H2,1-4H3,(H2,19,20,24,25)/t10-,11+/m1/s1. The fraction of sp³-hybridized carbons (Fsp3) is 0.556. The smallest absolute Gasteiger partial charge is 0.321 e. The first-order valence-electron chi connectivity index (χ1n) is 9.13. The van der Waals surface area contributed by atoms with Gasteiger partial charge in [0.25, 0.3) is 0 Å². The van der Waals surface area contributed by atoms with Crippen LogP contribution in [0.4, 0.5) is 4.79 Å². The number of aromatic nitrogens is 3. The van der Waals surface area contributed by atoms with Crippen molar-refractivity contribution < 1.29 is 9.59 Å². The van der Waals surface area contributed by atoms with Gasteiger partial charge in [-0.3, -0.25) is 10.1 Å². The summed E-state index contributed by atoms with van der Waals surface area (Å²) in [7, 11) is 3.38. The molecular formula is C18H25N5O2S2. The molecule has 9 heteroatoms. The predicted octanol–water partition coefficient (Wildman–Crippen LogP) is 2.99. The molecule has 0 aromatic carbocycles. The lowest BCUT2D eigenvalue weighted by molar-refractivity contribution is -0.119. The van der Waals surface area contributed by atoms with Crippen molar-refractivity contribution in [2.45, 2.75) is 49.9 Å². The average Bonchev–Trinajstić information content (AvgIpc) is 3.24. The monoisotopic (exact) mass is 407 g/mol. The molecule has 27 heavy (non-hydrogen) atoms. The van der Waals surface area contributed by atoms with E-state index in [9.17, 15) is 9.59 Å². The van der Waals surface area contributed by atoms with Crippen LogP contribution in [0.25, 0.3) is 10.7 Å². The molecule has 2 aromatic heterocycles. The van der Waals surface area contributed by atoms with Gasteiger partial charge in [0.2, 0.25) is 5.91 Å². The maximum Gasteiger partial charge on any atom is 0.321 e. The zero-order valence-corrected chi connectivity index (χ0v) is 17.7. The van der Waals surface area contributed by atoms with Gasteiger partial charge in [-0.25, -0.2) is 4.79 Å². The lowest BCUT2D eigenvalue weighted by Crippen LogP contribution is -2.41. The topological polar surface area (TPSA) is 88.9 Å². The molecular weight excluding hydrogens is 382 g/mol. The van der Waals surface area contributed by atoms with Crippen LogP contribution in [0.1, 0.15) is 37.1 Å². The van der Waals surface area contributed by atoms with Gasteiger partial charge < -0.3 is 9.88 Å². The number of fused-ring (bicyclic) bond motifs is 1. The number of urea groups is 1. The number of imide groups is 1. The summed E-state index contributed by atoms with van der Waals surface area (Å²) >= 11 is 3.09. The molecule has 1 aliphatic carbocycles. The minimum atomic E-state index is -0.513. The van der Waals surface area contributed by atoms with Gasteiger partial charge in [-0.1, -0.05) is 25.1 Å². The first kappa shape index (κ1) is 19.9. The van der Waals surface area contributed by atoms with E-state index >= 15 is 0 Å². The minimum Gasteiger partial charge on any atom is -0.341 e. The second kappa shape index (κ2) is 8.43. The van der Waals surface area contributed by atoms with Crippen molar-refractivity contribution in [3.63, 3.8) is 0 Å². The summed E-state index contributed by atoms with van der Waals surface area (Å²) in [6, 6.07) is 1.74. The molecule has 0 bridgehead atoms. The van der Waals surface area contributed by atoms with Crippen molar-refractivity contribution in [3.8, 4) is 10.7 Å². The van der Waals surface area contributed by atoms with Crippen LogP contribution in [-0.4, -0.2) is 39.0 Å².